The van der Waals surface area contributed by atoms with E-state index >= 15 is 0 Å². The Balaban J connectivity index is 2.16. The Bertz CT molecular complexity index is 536. The van der Waals surface area contributed by atoms with Gasteiger partial charge in [-0.15, -0.1) is 0 Å². The van der Waals surface area contributed by atoms with E-state index in [9.17, 15) is 4.79 Å². The fraction of sp³-hybridized carbons (Fsp3) is 0.0833. The number of hydrogen-bond donors (Lipinski definition) is 1. The number of halogens is 1. The largest absolute Gasteiger partial charge is 0.497 e. The molecule has 2 rings (SSSR count). The zero-order valence-corrected chi connectivity index (χ0v) is 10.7. The van der Waals surface area contributed by atoms with Crippen molar-refractivity contribution in [1.29, 1.82) is 0 Å². The molecule has 1 aromatic heterocycles. The van der Waals surface area contributed by atoms with Gasteiger partial charge >= 0.3 is 0 Å². The molecule has 88 valence electrons. The topological polar surface area (TPSA) is 51.5 Å². The van der Waals surface area contributed by atoms with Crippen LogP contribution >= 0.6 is 15.9 Å². The highest BCUT2D eigenvalue weighted by molar-refractivity contribution is 9.10. The number of anilines is 1. The number of carbonyl (C=O) groups excluding carboxylic acids is 1. The van der Waals surface area contributed by atoms with Crippen LogP contribution in [0.2, 0.25) is 0 Å². The third-order valence-corrected chi connectivity index (χ3v) is 2.80. The van der Waals surface area contributed by atoms with Crippen molar-refractivity contribution < 1.29 is 13.9 Å². The van der Waals surface area contributed by atoms with Gasteiger partial charge in [-0.05, 0) is 34.1 Å². The summed E-state index contributed by atoms with van der Waals surface area (Å²) in [5, 5.41) is 2.75. The number of benzene rings is 1. The van der Waals surface area contributed by atoms with Crippen LogP contribution in [0.4, 0.5) is 5.69 Å². The first-order valence-electron chi connectivity index (χ1n) is 4.89. The molecule has 2 aromatic rings. The maximum Gasteiger partial charge on any atom is 0.260 e. The highest BCUT2D eigenvalue weighted by Gasteiger charge is 2.12. The Morgan fingerprint density at radius 1 is 1.41 bits per heavy atom. The molecular formula is C12H10BrNO3. The number of amides is 1. The van der Waals surface area contributed by atoms with E-state index in [1.807, 2.05) is 6.07 Å². The van der Waals surface area contributed by atoms with E-state index in [2.05, 4.69) is 21.2 Å². The summed E-state index contributed by atoms with van der Waals surface area (Å²) in [7, 11) is 1.58. The van der Waals surface area contributed by atoms with Crippen molar-refractivity contribution in [3.63, 3.8) is 0 Å². The van der Waals surface area contributed by atoms with E-state index in [1.165, 1.54) is 6.26 Å². The van der Waals surface area contributed by atoms with Crippen molar-refractivity contribution in [2.24, 2.45) is 0 Å². The summed E-state index contributed by atoms with van der Waals surface area (Å²) < 4.78 is 10.5. The molecule has 0 aliphatic rings. The second-order valence-corrected chi connectivity index (χ2v) is 4.01. The molecule has 0 spiro atoms. The molecule has 0 unspecified atom stereocenters. The molecule has 1 aromatic carbocycles. The number of nitrogens with one attached hydrogen (secondary N) is 1. The van der Waals surface area contributed by atoms with Crippen molar-refractivity contribution >= 4 is 27.5 Å². The SMILES string of the molecule is COc1cccc(NC(=O)c2ccoc2Br)c1. The number of ether oxygens (including phenoxy) is 1. The number of carbonyl (C=O) groups is 1. The quantitative estimate of drug-likeness (QED) is 0.945. The molecule has 5 heteroatoms. The lowest BCUT2D eigenvalue weighted by atomic mass is 10.2. The van der Waals surface area contributed by atoms with Gasteiger partial charge < -0.3 is 14.5 Å². The summed E-state index contributed by atoms with van der Waals surface area (Å²) in [6, 6.07) is 8.74. The summed E-state index contributed by atoms with van der Waals surface area (Å²) in [6.45, 7) is 0. The minimum atomic E-state index is -0.237. The Hall–Kier alpha value is -1.75. The fourth-order valence-corrected chi connectivity index (χ4v) is 1.78. The highest BCUT2D eigenvalue weighted by atomic mass is 79.9. The molecule has 0 saturated heterocycles. The molecule has 0 aliphatic carbocycles. The first-order chi connectivity index (χ1) is 8.20. The third kappa shape index (κ3) is 2.68. The van der Waals surface area contributed by atoms with Crippen LogP contribution in [-0.4, -0.2) is 13.0 Å². The van der Waals surface area contributed by atoms with Crippen LogP contribution in [-0.2, 0) is 0 Å². The lowest BCUT2D eigenvalue weighted by molar-refractivity contribution is 0.102. The van der Waals surface area contributed by atoms with Crippen molar-refractivity contribution in [2.75, 3.05) is 12.4 Å². The standard InChI is InChI=1S/C12H10BrNO3/c1-16-9-4-2-3-8(7-9)14-12(15)10-5-6-17-11(10)13/h2-7H,1H3,(H,14,15). The molecule has 4 nitrogen and oxygen atoms in total. The normalized spacial score (nSPS) is 10.0. The smallest absolute Gasteiger partial charge is 0.260 e. The van der Waals surface area contributed by atoms with Gasteiger partial charge in [0.15, 0.2) is 4.67 Å². The zero-order valence-electron chi connectivity index (χ0n) is 9.07. The van der Waals surface area contributed by atoms with E-state index in [0.29, 0.717) is 21.7 Å². The second-order valence-electron chi connectivity index (χ2n) is 3.29. The minimum absolute atomic E-state index is 0.237. The first-order valence-corrected chi connectivity index (χ1v) is 5.68. The maximum atomic E-state index is 11.9. The Labute approximate surface area is 107 Å². The predicted octanol–water partition coefficient (Wildman–Crippen LogP) is 3.30. The van der Waals surface area contributed by atoms with E-state index in [1.54, 1.807) is 31.4 Å². The van der Waals surface area contributed by atoms with Gasteiger partial charge in [0.2, 0.25) is 0 Å². The van der Waals surface area contributed by atoms with Gasteiger partial charge in [-0.1, -0.05) is 6.07 Å². The van der Waals surface area contributed by atoms with Gasteiger partial charge in [-0.3, -0.25) is 4.79 Å². The van der Waals surface area contributed by atoms with Crippen molar-refractivity contribution in [2.45, 2.75) is 0 Å². The van der Waals surface area contributed by atoms with Crippen molar-refractivity contribution in [3.05, 3.63) is 46.8 Å². The molecule has 1 amide bonds. The van der Waals surface area contributed by atoms with E-state index < -0.39 is 0 Å². The summed E-state index contributed by atoms with van der Waals surface area (Å²) in [4.78, 5) is 11.9. The first kappa shape index (κ1) is 11.7. The number of rotatable bonds is 3. The van der Waals surface area contributed by atoms with Gasteiger partial charge in [0.1, 0.15) is 5.75 Å². The molecule has 1 N–H and O–H groups in total. The van der Waals surface area contributed by atoms with E-state index in [-0.39, 0.29) is 5.91 Å². The molecule has 0 radical (unpaired) electrons. The van der Waals surface area contributed by atoms with Crippen LogP contribution in [0.15, 0.2) is 45.7 Å². The predicted molar refractivity (Wildman–Crippen MR) is 67.4 cm³/mol. The summed E-state index contributed by atoms with van der Waals surface area (Å²) in [6.07, 6.45) is 1.45. The zero-order chi connectivity index (χ0) is 12.3. The highest BCUT2D eigenvalue weighted by Crippen LogP contribution is 2.21. The number of hydrogen-bond acceptors (Lipinski definition) is 3. The molecule has 0 bridgehead atoms. The van der Waals surface area contributed by atoms with Crippen molar-refractivity contribution in [3.8, 4) is 5.75 Å². The van der Waals surface area contributed by atoms with Crippen LogP contribution in [0, 0.1) is 0 Å². The summed E-state index contributed by atoms with van der Waals surface area (Å²) in [5.41, 5.74) is 1.12. The van der Waals surface area contributed by atoms with Crippen LogP contribution < -0.4 is 10.1 Å². The third-order valence-electron chi connectivity index (χ3n) is 2.19. The van der Waals surface area contributed by atoms with Crippen LogP contribution in [0.5, 0.6) is 5.75 Å². The fourth-order valence-electron chi connectivity index (χ4n) is 1.36. The summed E-state index contributed by atoms with van der Waals surface area (Å²) in [5.74, 6) is 0.452. The van der Waals surface area contributed by atoms with Gasteiger partial charge in [-0.25, -0.2) is 0 Å². The number of furan rings is 1. The lowest BCUT2D eigenvalue weighted by Gasteiger charge is -2.05. The van der Waals surface area contributed by atoms with E-state index in [4.69, 9.17) is 9.15 Å². The van der Waals surface area contributed by atoms with Gasteiger partial charge in [0.05, 0.1) is 18.9 Å². The molecule has 17 heavy (non-hydrogen) atoms. The van der Waals surface area contributed by atoms with E-state index in [0.717, 1.165) is 0 Å². The molecule has 0 saturated carbocycles. The van der Waals surface area contributed by atoms with Gasteiger partial charge in [0, 0.05) is 11.8 Å². The lowest BCUT2D eigenvalue weighted by Crippen LogP contribution is -2.11. The minimum Gasteiger partial charge on any atom is -0.497 e. The van der Waals surface area contributed by atoms with Gasteiger partial charge in [-0.2, -0.15) is 0 Å². The number of methoxy groups -OCH3 is 1. The molecule has 0 aliphatic heterocycles. The Morgan fingerprint density at radius 3 is 2.88 bits per heavy atom. The van der Waals surface area contributed by atoms with Crippen LogP contribution in [0.1, 0.15) is 10.4 Å². The average molecular weight is 296 g/mol. The van der Waals surface area contributed by atoms with Gasteiger partial charge in [0.25, 0.3) is 5.91 Å². The molecule has 0 fully saturated rings. The molecule has 0 atom stereocenters. The maximum absolute atomic E-state index is 11.9. The second kappa shape index (κ2) is 5.05. The van der Waals surface area contributed by atoms with Crippen molar-refractivity contribution in [1.82, 2.24) is 0 Å². The Morgan fingerprint density at radius 2 is 2.24 bits per heavy atom. The van der Waals surface area contributed by atoms with Crippen LogP contribution in [0.3, 0.4) is 0 Å². The average Bonchev–Trinajstić information content (AvgIpc) is 2.76. The Kier molecular flexibility index (Phi) is 3.49. The monoisotopic (exact) mass is 295 g/mol. The molecule has 1 heterocycles. The summed E-state index contributed by atoms with van der Waals surface area (Å²) >= 11 is 3.16. The van der Waals surface area contributed by atoms with Crippen LogP contribution in [0.25, 0.3) is 0 Å². The molecular weight excluding hydrogens is 286 g/mol.